The van der Waals surface area contributed by atoms with E-state index in [2.05, 4.69) is 15.5 Å². The fourth-order valence-electron chi connectivity index (χ4n) is 3.42. The number of hydrogen-bond donors (Lipinski definition) is 2. The van der Waals surface area contributed by atoms with E-state index >= 15 is 0 Å². The smallest absolute Gasteiger partial charge is 0.258 e. The van der Waals surface area contributed by atoms with Crippen LogP contribution >= 0.6 is 0 Å². The molecule has 1 aromatic carbocycles. The van der Waals surface area contributed by atoms with Crippen LogP contribution in [-0.4, -0.2) is 22.0 Å². The second kappa shape index (κ2) is 7.16. The number of benzene rings is 1. The number of hydrogen-bond acceptors (Lipinski definition) is 5. The zero-order chi connectivity index (χ0) is 21.5. The van der Waals surface area contributed by atoms with Crippen LogP contribution in [0.1, 0.15) is 31.1 Å². The molecule has 0 aliphatic heterocycles. The molecule has 3 N–H and O–H groups in total. The summed E-state index contributed by atoms with van der Waals surface area (Å²) in [6.07, 6.45) is 2.01. The SMILES string of the molecule is CC(F)(F)C1(c2cc(NC(=O)Cc3ccc(-c4cnc(N)cc4F)cc3)no2)CC1. The second-order valence-electron chi connectivity index (χ2n) is 7.56. The number of pyridine rings is 1. The third-order valence-electron chi connectivity index (χ3n) is 5.34. The highest BCUT2D eigenvalue weighted by Crippen LogP contribution is 2.58. The van der Waals surface area contributed by atoms with Gasteiger partial charge in [-0.1, -0.05) is 29.4 Å². The molecule has 156 valence electrons. The zero-order valence-electron chi connectivity index (χ0n) is 16.1. The number of nitrogens with zero attached hydrogens (tertiary/aromatic N) is 2. The number of anilines is 2. The molecule has 0 saturated heterocycles. The summed E-state index contributed by atoms with van der Waals surface area (Å²) >= 11 is 0. The van der Waals surface area contributed by atoms with Gasteiger partial charge in [-0.2, -0.15) is 0 Å². The topological polar surface area (TPSA) is 94.0 Å². The molecule has 0 spiro atoms. The Hall–Kier alpha value is -3.36. The summed E-state index contributed by atoms with van der Waals surface area (Å²) in [6, 6.07) is 9.22. The van der Waals surface area contributed by atoms with E-state index < -0.39 is 17.2 Å². The van der Waals surface area contributed by atoms with Gasteiger partial charge in [0.1, 0.15) is 11.6 Å². The Morgan fingerprint density at radius 1 is 1.27 bits per heavy atom. The maximum atomic E-state index is 14.0. The number of halogens is 3. The molecule has 6 nitrogen and oxygen atoms in total. The van der Waals surface area contributed by atoms with Crippen molar-refractivity contribution >= 4 is 17.5 Å². The molecular formula is C21H19F3N4O2. The van der Waals surface area contributed by atoms with Gasteiger partial charge < -0.3 is 15.6 Å². The van der Waals surface area contributed by atoms with Crippen LogP contribution in [0, 0.1) is 5.82 Å². The van der Waals surface area contributed by atoms with Crippen molar-refractivity contribution in [2.24, 2.45) is 0 Å². The summed E-state index contributed by atoms with van der Waals surface area (Å²) in [5, 5.41) is 6.24. The lowest BCUT2D eigenvalue weighted by Gasteiger charge is -2.19. The number of amides is 1. The van der Waals surface area contributed by atoms with Crippen molar-refractivity contribution in [2.45, 2.75) is 37.5 Å². The quantitative estimate of drug-likeness (QED) is 0.624. The Morgan fingerprint density at radius 2 is 1.97 bits per heavy atom. The molecule has 9 heteroatoms. The van der Waals surface area contributed by atoms with Crippen molar-refractivity contribution in [1.29, 1.82) is 0 Å². The average molecular weight is 416 g/mol. The summed E-state index contributed by atoms with van der Waals surface area (Å²) in [4.78, 5) is 16.2. The first-order valence-corrected chi connectivity index (χ1v) is 9.33. The number of carbonyl (C=O) groups is 1. The summed E-state index contributed by atoms with van der Waals surface area (Å²) in [7, 11) is 0. The van der Waals surface area contributed by atoms with Crippen molar-refractivity contribution in [3.63, 3.8) is 0 Å². The van der Waals surface area contributed by atoms with Gasteiger partial charge >= 0.3 is 0 Å². The number of carbonyl (C=O) groups excluding carboxylic acids is 1. The van der Waals surface area contributed by atoms with Crippen molar-refractivity contribution in [3.05, 3.63) is 59.7 Å². The van der Waals surface area contributed by atoms with E-state index in [1.807, 2.05) is 0 Å². The Labute approximate surface area is 170 Å². The molecule has 2 aromatic heterocycles. The first kappa shape index (κ1) is 19.9. The first-order valence-electron chi connectivity index (χ1n) is 9.33. The van der Waals surface area contributed by atoms with Crippen LogP contribution in [0.4, 0.5) is 24.8 Å². The van der Waals surface area contributed by atoms with Gasteiger partial charge in [-0.05, 0) is 24.0 Å². The molecule has 1 saturated carbocycles. The predicted octanol–water partition coefficient (Wildman–Crippen LogP) is 4.33. The summed E-state index contributed by atoms with van der Waals surface area (Å²) in [6.45, 7) is 0.858. The van der Waals surface area contributed by atoms with Crippen LogP contribution in [0.2, 0.25) is 0 Å². The lowest BCUT2D eigenvalue weighted by molar-refractivity contribution is -0.115. The highest BCUT2D eigenvalue weighted by molar-refractivity contribution is 5.91. The molecule has 4 rings (SSSR count). The molecule has 1 aliphatic carbocycles. The minimum Gasteiger partial charge on any atom is -0.384 e. The zero-order valence-corrected chi connectivity index (χ0v) is 16.1. The molecule has 1 aliphatic rings. The van der Waals surface area contributed by atoms with E-state index in [9.17, 15) is 18.0 Å². The predicted molar refractivity (Wildman–Crippen MR) is 104 cm³/mol. The van der Waals surface area contributed by atoms with Gasteiger partial charge in [0.15, 0.2) is 11.6 Å². The largest absolute Gasteiger partial charge is 0.384 e. The van der Waals surface area contributed by atoms with Crippen LogP contribution in [0.25, 0.3) is 11.1 Å². The van der Waals surface area contributed by atoms with Crippen LogP contribution < -0.4 is 11.1 Å². The third-order valence-corrected chi connectivity index (χ3v) is 5.34. The Bertz CT molecular complexity index is 1090. The molecule has 30 heavy (non-hydrogen) atoms. The minimum absolute atomic E-state index is 0.0278. The summed E-state index contributed by atoms with van der Waals surface area (Å²) in [5.41, 5.74) is 5.71. The van der Waals surface area contributed by atoms with E-state index in [1.54, 1.807) is 24.3 Å². The normalized spacial score (nSPS) is 15.1. The molecular weight excluding hydrogens is 397 g/mol. The van der Waals surface area contributed by atoms with Crippen molar-refractivity contribution in [1.82, 2.24) is 10.1 Å². The van der Waals surface area contributed by atoms with Gasteiger partial charge in [-0.25, -0.2) is 18.2 Å². The lowest BCUT2D eigenvalue weighted by atomic mass is 9.96. The number of aromatic nitrogens is 2. The maximum absolute atomic E-state index is 14.0. The molecule has 0 radical (unpaired) electrons. The van der Waals surface area contributed by atoms with E-state index in [0.717, 1.165) is 13.0 Å². The van der Waals surface area contributed by atoms with Crippen molar-refractivity contribution in [2.75, 3.05) is 11.1 Å². The highest BCUT2D eigenvalue weighted by atomic mass is 19.3. The fourth-order valence-corrected chi connectivity index (χ4v) is 3.42. The summed E-state index contributed by atoms with van der Waals surface area (Å²) < 4.78 is 46.7. The van der Waals surface area contributed by atoms with Crippen molar-refractivity contribution < 1.29 is 22.5 Å². The molecule has 0 bridgehead atoms. The molecule has 1 fully saturated rings. The molecule has 0 unspecified atom stereocenters. The number of alkyl halides is 2. The number of rotatable bonds is 6. The fraction of sp³-hybridized carbons (Fsp3) is 0.286. The van der Waals surface area contributed by atoms with E-state index in [4.69, 9.17) is 10.3 Å². The van der Waals surface area contributed by atoms with E-state index in [0.29, 0.717) is 29.5 Å². The van der Waals surface area contributed by atoms with Crippen LogP contribution in [0.15, 0.2) is 47.1 Å². The van der Waals surface area contributed by atoms with Gasteiger partial charge in [0.25, 0.3) is 5.92 Å². The lowest BCUT2D eigenvalue weighted by Crippen LogP contribution is -2.29. The van der Waals surface area contributed by atoms with Crippen LogP contribution in [-0.2, 0) is 16.6 Å². The van der Waals surface area contributed by atoms with Gasteiger partial charge in [0.2, 0.25) is 5.91 Å². The molecule has 0 atom stereocenters. The Kier molecular flexibility index (Phi) is 4.76. The highest BCUT2D eigenvalue weighted by Gasteiger charge is 2.62. The van der Waals surface area contributed by atoms with Gasteiger partial charge in [0, 0.05) is 30.8 Å². The van der Waals surface area contributed by atoms with E-state index in [-0.39, 0.29) is 29.7 Å². The van der Waals surface area contributed by atoms with E-state index in [1.165, 1.54) is 12.3 Å². The number of nitrogens with one attached hydrogen (secondary N) is 1. The molecule has 3 aromatic rings. The van der Waals surface area contributed by atoms with Crippen LogP contribution in [0.3, 0.4) is 0 Å². The Balaban J connectivity index is 1.40. The maximum Gasteiger partial charge on any atom is 0.258 e. The first-order chi connectivity index (χ1) is 14.2. The number of nitrogens with two attached hydrogens (primary N) is 1. The Morgan fingerprint density at radius 3 is 2.57 bits per heavy atom. The monoisotopic (exact) mass is 416 g/mol. The third kappa shape index (κ3) is 3.74. The van der Waals surface area contributed by atoms with Gasteiger partial charge in [-0.15, -0.1) is 0 Å². The second-order valence-corrected chi connectivity index (χ2v) is 7.56. The van der Waals surface area contributed by atoms with Gasteiger partial charge in [-0.3, -0.25) is 4.79 Å². The molecule has 1 amide bonds. The summed E-state index contributed by atoms with van der Waals surface area (Å²) in [5.74, 6) is -3.52. The van der Waals surface area contributed by atoms with Crippen molar-refractivity contribution in [3.8, 4) is 11.1 Å². The molecule has 2 heterocycles. The number of nitrogen functional groups attached to an aromatic ring is 1. The van der Waals surface area contributed by atoms with Gasteiger partial charge in [0.05, 0.1) is 11.8 Å². The average Bonchev–Trinajstić information content (AvgIpc) is 3.37. The van der Waals surface area contributed by atoms with Crippen LogP contribution in [0.5, 0.6) is 0 Å². The standard InChI is InChI=1S/C21H19F3N4O2/c1-20(23,24)21(6-7-21)16-10-18(28-30-16)27-19(29)8-12-2-4-13(5-3-12)14-11-26-17(25)9-15(14)22/h2-5,9-11H,6-8H2,1H3,(H2,25,26)(H,27,28,29). The minimum atomic E-state index is -2.92.